The SMILES string of the molecule is CC1=C(C(C)C)CC(C=O)O1. The summed E-state index contributed by atoms with van der Waals surface area (Å²) < 4.78 is 5.30. The first-order chi connectivity index (χ1) is 5.15. The van der Waals surface area contributed by atoms with Gasteiger partial charge in [-0.1, -0.05) is 13.8 Å². The summed E-state index contributed by atoms with van der Waals surface area (Å²) in [4.78, 5) is 10.4. The first kappa shape index (κ1) is 8.31. The first-order valence-corrected chi connectivity index (χ1v) is 3.96. The fourth-order valence-electron chi connectivity index (χ4n) is 1.42. The largest absolute Gasteiger partial charge is 0.487 e. The molecule has 0 fully saturated rings. The Hall–Kier alpha value is -0.790. The highest BCUT2D eigenvalue weighted by atomic mass is 16.5. The van der Waals surface area contributed by atoms with Crippen LogP contribution in [-0.2, 0) is 9.53 Å². The van der Waals surface area contributed by atoms with E-state index < -0.39 is 0 Å². The third-order valence-electron chi connectivity index (χ3n) is 2.05. The third-order valence-corrected chi connectivity index (χ3v) is 2.05. The Balaban J connectivity index is 2.66. The van der Waals surface area contributed by atoms with E-state index in [0.717, 1.165) is 18.5 Å². The summed E-state index contributed by atoms with van der Waals surface area (Å²) in [5, 5.41) is 0. The second-order valence-corrected chi connectivity index (χ2v) is 3.23. The number of carbonyl (C=O) groups is 1. The van der Waals surface area contributed by atoms with E-state index in [-0.39, 0.29) is 6.10 Å². The van der Waals surface area contributed by atoms with Gasteiger partial charge in [0.25, 0.3) is 0 Å². The third kappa shape index (κ3) is 1.62. The van der Waals surface area contributed by atoms with Crippen LogP contribution in [0.15, 0.2) is 11.3 Å². The average Bonchev–Trinajstić information content (AvgIpc) is 2.30. The molecule has 1 heterocycles. The minimum Gasteiger partial charge on any atom is -0.487 e. The smallest absolute Gasteiger partial charge is 0.160 e. The quantitative estimate of drug-likeness (QED) is 0.568. The molecule has 11 heavy (non-hydrogen) atoms. The minimum atomic E-state index is -0.215. The van der Waals surface area contributed by atoms with Gasteiger partial charge in [-0.05, 0) is 18.4 Å². The standard InChI is InChI=1S/C9H14O2/c1-6(2)9-4-8(5-10)11-7(9)3/h5-6,8H,4H2,1-3H3. The maximum absolute atomic E-state index is 10.4. The average molecular weight is 154 g/mol. The number of carbonyl (C=O) groups excluding carboxylic acids is 1. The maximum Gasteiger partial charge on any atom is 0.160 e. The van der Waals surface area contributed by atoms with Gasteiger partial charge in [0.15, 0.2) is 12.4 Å². The highest BCUT2D eigenvalue weighted by Crippen LogP contribution is 2.28. The first-order valence-electron chi connectivity index (χ1n) is 3.96. The fourth-order valence-corrected chi connectivity index (χ4v) is 1.42. The van der Waals surface area contributed by atoms with Crippen molar-refractivity contribution in [2.45, 2.75) is 33.3 Å². The number of allylic oxidation sites excluding steroid dienone is 1. The van der Waals surface area contributed by atoms with Crippen LogP contribution in [0.3, 0.4) is 0 Å². The van der Waals surface area contributed by atoms with Gasteiger partial charge in [0.2, 0.25) is 0 Å². The van der Waals surface area contributed by atoms with Gasteiger partial charge in [-0.2, -0.15) is 0 Å². The van der Waals surface area contributed by atoms with Crippen LogP contribution < -0.4 is 0 Å². The van der Waals surface area contributed by atoms with Crippen molar-refractivity contribution in [1.82, 2.24) is 0 Å². The minimum absolute atomic E-state index is 0.215. The summed E-state index contributed by atoms with van der Waals surface area (Å²) in [7, 11) is 0. The Kier molecular flexibility index (Phi) is 2.32. The molecule has 0 spiro atoms. The van der Waals surface area contributed by atoms with Crippen LogP contribution in [0.5, 0.6) is 0 Å². The molecule has 62 valence electrons. The van der Waals surface area contributed by atoms with Crippen molar-refractivity contribution in [1.29, 1.82) is 0 Å². The lowest BCUT2D eigenvalue weighted by Crippen LogP contribution is -2.07. The van der Waals surface area contributed by atoms with Gasteiger partial charge in [0.1, 0.15) is 0 Å². The van der Waals surface area contributed by atoms with E-state index in [1.54, 1.807) is 0 Å². The Morgan fingerprint density at radius 2 is 2.27 bits per heavy atom. The lowest BCUT2D eigenvalue weighted by molar-refractivity contribution is -0.114. The Morgan fingerprint density at radius 1 is 1.64 bits per heavy atom. The van der Waals surface area contributed by atoms with E-state index in [1.165, 1.54) is 5.57 Å². The molecule has 1 unspecified atom stereocenters. The highest BCUT2D eigenvalue weighted by Gasteiger charge is 2.23. The highest BCUT2D eigenvalue weighted by molar-refractivity contribution is 5.58. The van der Waals surface area contributed by atoms with Crippen molar-refractivity contribution in [3.63, 3.8) is 0 Å². The number of hydrogen-bond acceptors (Lipinski definition) is 2. The van der Waals surface area contributed by atoms with Crippen LogP contribution in [-0.4, -0.2) is 12.4 Å². The molecule has 2 heteroatoms. The molecule has 0 bridgehead atoms. The molecular formula is C9H14O2. The second-order valence-electron chi connectivity index (χ2n) is 3.23. The number of rotatable bonds is 2. The maximum atomic E-state index is 10.4. The molecule has 1 aliphatic rings. The van der Waals surface area contributed by atoms with Gasteiger partial charge in [0.05, 0.1) is 5.76 Å². The zero-order chi connectivity index (χ0) is 8.43. The van der Waals surface area contributed by atoms with E-state index in [0.29, 0.717) is 5.92 Å². The molecule has 0 saturated heterocycles. The van der Waals surface area contributed by atoms with Crippen molar-refractivity contribution >= 4 is 6.29 Å². The van der Waals surface area contributed by atoms with Gasteiger partial charge >= 0.3 is 0 Å². The zero-order valence-corrected chi connectivity index (χ0v) is 7.26. The molecule has 0 N–H and O–H groups in total. The zero-order valence-electron chi connectivity index (χ0n) is 7.26. The van der Waals surface area contributed by atoms with Crippen LogP contribution in [0.4, 0.5) is 0 Å². The number of aldehydes is 1. The van der Waals surface area contributed by atoms with Gasteiger partial charge < -0.3 is 4.74 Å². The van der Waals surface area contributed by atoms with E-state index in [2.05, 4.69) is 13.8 Å². The van der Waals surface area contributed by atoms with E-state index in [1.807, 2.05) is 6.92 Å². The summed E-state index contributed by atoms with van der Waals surface area (Å²) in [6, 6.07) is 0. The molecule has 0 aliphatic carbocycles. The van der Waals surface area contributed by atoms with Crippen molar-refractivity contribution in [2.75, 3.05) is 0 Å². The molecule has 0 radical (unpaired) electrons. The molecule has 2 nitrogen and oxygen atoms in total. The van der Waals surface area contributed by atoms with Crippen molar-refractivity contribution < 1.29 is 9.53 Å². The van der Waals surface area contributed by atoms with Gasteiger partial charge in [-0.3, -0.25) is 4.79 Å². The predicted molar refractivity (Wildman–Crippen MR) is 43.1 cm³/mol. The monoisotopic (exact) mass is 154 g/mol. The molecule has 0 aromatic rings. The molecular weight excluding hydrogens is 140 g/mol. The topological polar surface area (TPSA) is 26.3 Å². The second kappa shape index (κ2) is 3.07. The fraction of sp³-hybridized carbons (Fsp3) is 0.667. The Bertz CT molecular complexity index is 192. The van der Waals surface area contributed by atoms with E-state index in [4.69, 9.17) is 4.74 Å². The van der Waals surface area contributed by atoms with Crippen molar-refractivity contribution in [2.24, 2.45) is 5.92 Å². The molecule has 0 aromatic carbocycles. The van der Waals surface area contributed by atoms with E-state index in [9.17, 15) is 4.79 Å². The van der Waals surface area contributed by atoms with Gasteiger partial charge in [-0.15, -0.1) is 0 Å². The summed E-state index contributed by atoms with van der Waals surface area (Å²) in [5.74, 6) is 1.44. The number of hydrogen-bond donors (Lipinski definition) is 0. The molecule has 0 amide bonds. The molecule has 1 aliphatic heterocycles. The summed E-state index contributed by atoms with van der Waals surface area (Å²) in [6.45, 7) is 6.17. The van der Waals surface area contributed by atoms with Crippen LogP contribution >= 0.6 is 0 Å². The molecule has 1 rings (SSSR count). The van der Waals surface area contributed by atoms with Crippen LogP contribution in [0.1, 0.15) is 27.2 Å². The van der Waals surface area contributed by atoms with E-state index >= 15 is 0 Å². The lowest BCUT2D eigenvalue weighted by atomic mass is 9.99. The summed E-state index contributed by atoms with van der Waals surface area (Å²) in [6.07, 6.45) is 1.44. The van der Waals surface area contributed by atoms with Crippen LogP contribution in [0, 0.1) is 5.92 Å². The van der Waals surface area contributed by atoms with Crippen LogP contribution in [0.25, 0.3) is 0 Å². The Labute approximate surface area is 67.2 Å². The van der Waals surface area contributed by atoms with Crippen LogP contribution in [0.2, 0.25) is 0 Å². The van der Waals surface area contributed by atoms with Crippen molar-refractivity contribution in [3.8, 4) is 0 Å². The molecule has 0 saturated carbocycles. The Morgan fingerprint density at radius 3 is 2.55 bits per heavy atom. The molecule has 0 aromatic heterocycles. The summed E-state index contributed by atoms with van der Waals surface area (Å²) in [5.41, 5.74) is 1.28. The molecule has 1 atom stereocenters. The summed E-state index contributed by atoms with van der Waals surface area (Å²) >= 11 is 0. The predicted octanol–water partition coefficient (Wildman–Crippen LogP) is 1.90. The lowest BCUT2D eigenvalue weighted by Gasteiger charge is -2.03. The number of ether oxygens (including phenoxy) is 1. The normalized spacial score (nSPS) is 24.2. The van der Waals surface area contributed by atoms with Gasteiger partial charge in [0, 0.05) is 6.42 Å². The van der Waals surface area contributed by atoms with Crippen molar-refractivity contribution in [3.05, 3.63) is 11.3 Å². The van der Waals surface area contributed by atoms with Gasteiger partial charge in [-0.25, -0.2) is 0 Å².